The number of fused-ring (bicyclic) bond motifs is 2. The van der Waals surface area contributed by atoms with Crippen LogP contribution in [0.3, 0.4) is 0 Å². The van der Waals surface area contributed by atoms with Gasteiger partial charge in [-0.3, -0.25) is 38.4 Å². The molecule has 0 N–H and O–H groups in total. The number of aromatic nitrogens is 4. The molecule has 0 saturated heterocycles. The van der Waals surface area contributed by atoms with Gasteiger partial charge in [-0.2, -0.15) is 0 Å². The number of carbonyl (C=O) groups excluding carboxylic acids is 12. The summed E-state index contributed by atoms with van der Waals surface area (Å²) in [6.07, 6.45) is 15.7. The van der Waals surface area contributed by atoms with Gasteiger partial charge in [0.1, 0.15) is 11.0 Å². The van der Waals surface area contributed by atoms with Gasteiger partial charge in [0.15, 0.2) is 28.8 Å². The van der Waals surface area contributed by atoms with Crippen molar-refractivity contribution in [3.05, 3.63) is 196 Å². The van der Waals surface area contributed by atoms with E-state index >= 15 is 0 Å². The van der Waals surface area contributed by atoms with Crippen molar-refractivity contribution in [2.24, 2.45) is 47.3 Å². The largest absolute Gasteiger partial charge is 0.465 e. The van der Waals surface area contributed by atoms with Crippen LogP contribution in [0.2, 0.25) is 0 Å². The number of hydrogen-bond acceptors (Lipinski definition) is 28. The molecule has 2 heterocycles. The molecule has 0 aliphatic heterocycles. The molecule has 6 aromatic carbocycles. The minimum absolute atomic E-state index is 0.0272. The number of rotatable bonds is 40. The number of ether oxygens (including phenoxy) is 12. The van der Waals surface area contributed by atoms with E-state index in [1.165, 1.54) is 0 Å². The average molecular weight is 1750 g/mol. The molecule has 4 aliphatic carbocycles. The van der Waals surface area contributed by atoms with Gasteiger partial charge in [-0.1, -0.05) is 148 Å². The van der Waals surface area contributed by atoms with E-state index in [0.717, 1.165) is 46.6 Å². The molecular formula is C100H108N4O24. The van der Waals surface area contributed by atoms with E-state index in [-0.39, 0.29) is 134 Å². The first-order chi connectivity index (χ1) is 62.3. The molecule has 4 aliphatic rings. The van der Waals surface area contributed by atoms with Gasteiger partial charge in [0, 0.05) is 58.0 Å². The van der Waals surface area contributed by atoms with Crippen molar-refractivity contribution in [1.29, 1.82) is 0 Å². The van der Waals surface area contributed by atoms with Crippen LogP contribution in [0.25, 0.3) is 67.1 Å². The van der Waals surface area contributed by atoms with Gasteiger partial charge >= 0.3 is 71.6 Å². The summed E-state index contributed by atoms with van der Waals surface area (Å²) in [6, 6.07) is 44.5. The molecule has 0 unspecified atom stereocenters. The molecule has 28 nitrogen and oxygen atoms in total. The average Bonchev–Trinajstić information content (AvgIpc) is 0.756. The van der Waals surface area contributed by atoms with Crippen LogP contribution in [-0.4, -0.2) is 144 Å². The number of esters is 12. The van der Waals surface area contributed by atoms with Crippen LogP contribution < -0.4 is 18.9 Å². The van der Waals surface area contributed by atoms with Crippen LogP contribution in [0.15, 0.2) is 196 Å². The standard InChI is InChI=1S/2C50H54N2O12/c1-3-41(53)59-29-11-13-31-61-47(55)35-19-23-37(24-20-35)49(57)63-39-27-28-40(46-45(39)51-43(33-15-7-5-8-16-33)44(52-46)34-17-9-6-10-18-34)64-50(58)38-25-21-36(22-26-38)48(56)62-32-14-12-30-60-42(54)4-2;1-3-43(53)59-27-11-13-29-61-47(55)35-19-23-37(24-20-35)49(57)63-41-31-39-40(51-46(34-17-9-6-10-18-34)52-45(39)33-15-7-5-8-16-33)32-42(41)64-50(58)38-25-21-36(22-26-38)48(56)62-30-14-12-28-60-44(54)4-2/h3-10,15-18,27-28,35-38H,1-2,11-14,19-26,29-32H2;3-10,15-18,31-32,35-38H,1-2,11-14,19-30H2. The van der Waals surface area contributed by atoms with E-state index in [1.54, 1.807) is 24.3 Å². The highest BCUT2D eigenvalue weighted by Crippen LogP contribution is 2.44. The molecule has 4 saturated carbocycles. The van der Waals surface area contributed by atoms with Crippen molar-refractivity contribution in [3.63, 3.8) is 0 Å². The zero-order chi connectivity index (χ0) is 90.5. The molecule has 0 amide bonds. The lowest BCUT2D eigenvalue weighted by molar-refractivity contribution is -0.152. The number of carbonyl (C=O) groups is 12. The maximum absolute atomic E-state index is 13.9. The summed E-state index contributed by atoms with van der Waals surface area (Å²) in [5, 5.41) is 0.579. The fraction of sp³-hybridized carbons (Fsp3) is 0.400. The molecule has 0 atom stereocenters. The zero-order valence-corrected chi connectivity index (χ0v) is 71.8. The highest BCUT2D eigenvalue weighted by molar-refractivity contribution is 5.98. The van der Waals surface area contributed by atoms with Gasteiger partial charge in [0.25, 0.3) is 0 Å². The lowest BCUT2D eigenvalue weighted by atomic mass is 9.82. The SMILES string of the molecule is C=CC(=O)OCCCCOC(=O)C1CCC(C(=O)Oc2cc3nc(-c4ccccc4)nc(-c4ccccc4)c3cc2OC(=O)C2CCC(C(=O)OCCCCOC(=O)C=C)CC2)CC1.C=CC(=O)OCCCCOC(=O)C1CCC(C(=O)Oc2ccc(OC(=O)C3CCC(C(=O)OCCCCOC(=O)C=C)CC3)c3nc(-c4ccccc4)c(-c4ccccc4)nc23)CC1. The third kappa shape index (κ3) is 28.0. The Hall–Kier alpha value is -13.4. The van der Waals surface area contributed by atoms with Gasteiger partial charge in [0.05, 0.1) is 123 Å². The lowest BCUT2D eigenvalue weighted by Crippen LogP contribution is -2.30. The first kappa shape index (κ1) is 95.3. The maximum atomic E-state index is 13.9. The molecule has 0 bridgehead atoms. The maximum Gasteiger partial charge on any atom is 0.330 e. The van der Waals surface area contributed by atoms with Crippen LogP contribution in [-0.2, 0) is 95.4 Å². The zero-order valence-electron chi connectivity index (χ0n) is 71.8. The molecule has 0 spiro atoms. The van der Waals surface area contributed by atoms with E-state index in [4.69, 9.17) is 76.8 Å². The quantitative estimate of drug-likeness (QED) is 0.0113. The molecule has 12 rings (SSSR count). The van der Waals surface area contributed by atoms with Crippen molar-refractivity contribution in [2.75, 3.05) is 52.9 Å². The van der Waals surface area contributed by atoms with E-state index in [9.17, 15) is 57.5 Å². The summed E-state index contributed by atoms with van der Waals surface area (Å²) in [4.78, 5) is 171. The van der Waals surface area contributed by atoms with E-state index in [1.807, 2.05) is 121 Å². The lowest BCUT2D eigenvalue weighted by Gasteiger charge is -2.27. The molecular weight excluding hydrogens is 1640 g/mol. The minimum atomic E-state index is -0.519. The van der Waals surface area contributed by atoms with Crippen molar-refractivity contribution in [1.82, 2.24) is 19.9 Å². The van der Waals surface area contributed by atoms with Crippen LogP contribution in [0, 0.1) is 47.3 Å². The molecule has 4 fully saturated rings. The second-order valence-electron chi connectivity index (χ2n) is 31.7. The summed E-state index contributed by atoms with van der Waals surface area (Å²) in [5.74, 6) is -7.76. The Balaban J connectivity index is 0.000000248. The summed E-state index contributed by atoms with van der Waals surface area (Å²) in [7, 11) is 0. The van der Waals surface area contributed by atoms with Crippen LogP contribution >= 0.6 is 0 Å². The van der Waals surface area contributed by atoms with Crippen LogP contribution in [0.5, 0.6) is 23.0 Å². The highest BCUT2D eigenvalue weighted by atomic mass is 16.6. The van der Waals surface area contributed by atoms with Crippen molar-refractivity contribution >= 4 is 93.6 Å². The van der Waals surface area contributed by atoms with Crippen molar-refractivity contribution in [3.8, 4) is 68.2 Å². The number of nitrogens with zero attached hydrogens (tertiary/aromatic N) is 4. The fourth-order valence-electron chi connectivity index (χ4n) is 15.6. The topological polar surface area (TPSA) is 367 Å². The molecule has 672 valence electrons. The van der Waals surface area contributed by atoms with Crippen molar-refractivity contribution in [2.45, 2.75) is 154 Å². The molecule has 28 heteroatoms. The monoisotopic (exact) mass is 1750 g/mol. The number of hydrogen-bond donors (Lipinski definition) is 0. The Morgan fingerprint density at radius 3 is 0.766 bits per heavy atom. The number of benzene rings is 6. The van der Waals surface area contributed by atoms with Crippen molar-refractivity contribution < 1.29 is 114 Å². The van der Waals surface area contributed by atoms with Crippen LogP contribution in [0.4, 0.5) is 0 Å². The minimum Gasteiger partial charge on any atom is -0.465 e. The molecule has 2 aromatic heterocycles. The summed E-state index contributed by atoms with van der Waals surface area (Å²) in [6.45, 7) is 15.1. The number of unbranched alkanes of at least 4 members (excludes halogenated alkanes) is 4. The first-order valence-electron chi connectivity index (χ1n) is 43.9. The Bertz CT molecular complexity index is 5050. The predicted molar refractivity (Wildman–Crippen MR) is 471 cm³/mol. The third-order valence-corrected chi connectivity index (χ3v) is 22.9. The molecule has 0 radical (unpaired) electrons. The third-order valence-electron chi connectivity index (χ3n) is 22.9. The second-order valence-corrected chi connectivity index (χ2v) is 31.7. The molecule has 8 aromatic rings. The first-order valence-corrected chi connectivity index (χ1v) is 43.9. The van der Waals surface area contributed by atoms with Gasteiger partial charge < -0.3 is 56.8 Å². The summed E-state index contributed by atoms with van der Waals surface area (Å²) >= 11 is 0. The molecule has 128 heavy (non-hydrogen) atoms. The smallest absolute Gasteiger partial charge is 0.330 e. The van der Waals surface area contributed by atoms with Gasteiger partial charge in [-0.05, 0) is 172 Å². The summed E-state index contributed by atoms with van der Waals surface area (Å²) < 4.78 is 66.1. The predicted octanol–water partition coefficient (Wildman–Crippen LogP) is 17.0. The normalized spacial score (nSPS) is 18.2. The van der Waals surface area contributed by atoms with E-state index in [2.05, 4.69) is 26.3 Å². The fourth-order valence-corrected chi connectivity index (χ4v) is 15.6. The van der Waals surface area contributed by atoms with E-state index < -0.39 is 71.4 Å². The summed E-state index contributed by atoms with van der Waals surface area (Å²) in [5.41, 5.74) is 5.76. The Kier molecular flexibility index (Phi) is 36.8. The van der Waals surface area contributed by atoms with Gasteiger partial charge in [0.2, 0.25) is 0 Å². The van der Waals surface area contributed by atoms with Gasteiger partial charge in [-0.15, -0.1) is 0 Å². The van der Waals surface area contributed by atoms with E-state index in [0.29, 0.717) is 188 Å². The Labute approximate surface area is 742 Å². The van der Waals surface area contributed by atoms with Gasteiger partial charge in [-0.25, -0.2) is 39.1 Å². The van der Waals surface area contributed by atoms with Crippen LogP contribution in [0.1, 0.15) is 154 Å². The Morgan fingerprint density at radius 1 is 0.258 bits per heavy atom. The second kappa shape index (κ2) is 49.5. The highest BCUT2D eigenvalue weighted by Gasteiger charge is 2.38. The Morgan fingerprint density at radius 2 is 0.492 bits per heavy atom.